The number of carbonyl (C=O) groups excluding carboxylic acids is 2. The van der Waals surface area contributed by atoms with Crippen LogP contribution in [0.3, 0.4) is 0 Å². The van der Waals surface area contributed by atoms with Crippen molar-refractivity contribution in [2.75, 3.05) is 12.8 Å². The fraction of sp³-hybridized carbons (Fsp3) is 0.467. The molecule has 1 atom stereocenters. The summed E-state index contributed by atoms with van der Waals surface area (Å²) in [5.41, 5.74) is 7.14. The van der Waals surface area contributed by atoms with Crippen molar-refractivity contribution in [3.8, 4) is 0 Å². The first-order chi connectivity index (χ1) is 9.56. The summed E-state index contributed by atoms with van der Waals surface area (Å²) in [6, 6.07) is 6.69. The molecule has 5 nitrogen and oxygen atoms in total. The summed E-state index contributed by atoms with van der Waals surface area (Å²) >= 11 is 0. The molecule has 0 aromatic heterocycles. The van der Waals surface area contributed by atoms with Gasteiger partial charge in [0.15, 0.2) is 0 Å². The summed E-state index contributed by atoms with van der Waals surface area (Å²) in [6.07, 6.45) is 2.80. The van der Waals surface area contributed by atoms with Crippen molar-refractivity contribution < 1.29 is 9.59 Å². The molecule has 0 bridgehead atoms. The summed E-state index contributed by atoms with van der Waals surface area (Å²) < 4.78 is 0. The molecule has 1 rings (SSSR count). The SMILES string of the molecule is CCCCC(NC(=O)Cc1ccc(N)cc1)C(=O)NC. The minimum absolute atomic E-state index is 0.149. The van der Waals surface area contributed by atoms with Gasteiger partial charge in [-0.1, -0.05) is 31.9 Å². The van der Waals surface area contributed by atoms with E-state index in [-0.39, 0.29) is 18.2 Å². The molecule has 0 radical (unpaired) electrons. The van der Waals surface area contributed by atoms with Crippen LogP contribution in [0.2, 0.25) is 0 Å². The summed E-state index contributed by atoms with van der Waals surface area (Å²) in [7, 11) is 1.58. The van der Waals surface area contributed by atoms with Crippen LogP contribution in [0.5, 0.6) is 0 Å². The molecule has 0 spiro atoms. The average molecular weight is 277 g/mol. The monoisotopic (exact) mass is 277 g/mol. The van der Waals surface area contributed by atoms with E-state index < -0.39 is 6.04 Å². The Hall–Kier alpha value is -2.04. The lowest BCUT2D eigenvalue weighted by molar-refractivity contribution is -0.128. The minimum Gasteiger partial charge on any atom is -0.399 e. The smallest absolute Gasteiger partial charge is 0.242 e. The standard InChI is InChI=1S/C15H23N3O2/c1-3-4-5-13(15(20)17-2)18-14(19)10-11-6-8-12(16)9-7-11/h6-9,13H,3-5,10,16H2,1-2H3,(H,17,20)(H,18,19). The van der Waals surface area contributed by atoms with Gasteiger partial charge in [0.2, 0.25) is 11.8 Å². The van der Waals surface area contributed by atoms with Gasteiger partial charge in [-0.05, 0) is 24.1 Å². The second kappa shape index (κ2) is 8.19. The van der Waals surface area contributed by atoms with Gasteiger partial charge in [-0.3, -0.25) is 9.59 Å². The Bertz CT molecular complexity index is 443. The highest BCUT2D eigenvalue weighted by Crippen LogP contribution is 2.07. The summed E-state index contributed by atoms with van der Waals surface area (Å²) in [5.74, 6) is -0.302. The third-order valence-corrected chi connectivity index (χ3v) is 3.09. The van der Waals surface area contributed by atoms with Crippen LogP contribution in [0, 0.1) is 0 Å². The Morgan fingerprint density at radius 2 is 1.90 bits per heavy atom. The van der Waals surface area contributed by atoms with Crippen LogP contribution in [-0.4, -0.2) is 24.9 Å². The third kappa shape index (κ3) is 5.30. The number of amides is 2. The Kier molecular flexibility index (Phi) is 6.56. The predicted octanol–water partition coefficient (Wildman–Crippen LogP) is 1.23. The Labute approximate surface area is 119 Å². The highest BCUT2D eigenvalue weighted by Gasteiger charge is 2.18. The maximum Gasteiger partial charge on any atom is 0.242 e. The number of hydrogen-bond donors (Lipinski definition) is 3. The van der Waals surface area contributed by atoms with E-state index in [0.29, 0.717) is 12.1 Å². The normalized spacial score (nSPS) is 11.7. The van der Waals surface area contributed by atoms with E-state index in [9.17, 15) is 9.59 Å². The molecule has 0 aliphatic rings. The summed E-state index contributed by atoms with van der Waals surface area (Å²) in [5, 5.41) is 5.36. The molecule has 0 saturated heterocycles. The van der Waals surface area contributed by atoms with Crippen LogP contribution >= 0.6 is 0 Å². The lowest BCUT2D eigenvalue weighted by atomic mass is 10.1. The molecule has 0 heterocycles. The molecule has 20 heavy (non-hydrogen) atoms. The number of nitrogen functional groups attached to an aromatic ring is 1. The first-order valence-corrected chi connectivity index (χ1v) is 6.92. The number of hydrogen-bond acceptors (Lipinski definition) is 3. The second-order valence-corrected chi connectivity index (χ2v) is 4.79. The Morgan fingerprint density at radius 1 is 1.25 bits per heavy atom. The fourth-order valence-electron chi connectivity index (χ4n) is 1.92. The van der Waals surface area contributed by atoms with Gasteiger partial charge in [0.25, 0.3) is 0 Å². The maximum atomic E-state index is 12.0. The van der Waals surface area contributed by atoms with Crippen LogP contribution in [0.15, 0.2) is 24.3 Å². The number of anilines is 1. The molecular weight excluding hydrogens is 254 g/mol. The number of rotatable bonds is 7. The van der Waals surface area contributed by atoms with E-state index in [1.54, 1.807) is 19.2 Å². The molecule has 5 heteroatoms. The van der Waals surface area contributed by atoms with Gasteiger partial charge < -0.3 is 16.4 Å². The van der Waals surface area contributed by atoms with Crippen molar-refractivity contribution in [1.82, 2.24) is 10.6 Å². The summed E-state index contributed by atoms with van der Waals surface area (Å²) in [6.45, 7) is 2.05. The van der Waals surface area contributed by atoms with Crippen molar-refractivity contribution in [2.24, 2.45) is 0 Å². The van der Waals surface area contributed by atoms with Gasteiger partial charge in [0.1, 0.15) is 6.04 Å². The van der Waals surface area contributed by atoms with Crippen molar-refractivity contribution in [3.63, 3.8) is 0 Å². The molecule has 1 aromatic rings. The lowest BCUT2D eigenvalue weighted by Gasteiger charge is -2.17. The van der Waals surface area contributed by atoms with Crippen molar-refractivity contribution >= 4 is 17.5 Å². The Morgan fingerprint density at radius 3 is 2.45 bits per heavy atom. The van der Waals surface area contributed by atoms with Crippen molar-refractivity contribution in [1.29, 1.82) is 0 Å². The highest BCUT2D eigenvalue weighted by molar-refractivity contribution is 5.88. The number of nitrogens with two attached hydrogens (primary N) is 1. The molecule has 1 aromatic carbocycles. The number of nitrogens with one attached hydrogen (secondary N) is 2. The molecule has 0 aliphatic carbocycles. The molecule has 0 aliphatic heterocycles. The minimum atomic E-state index is -0.457. The lowest BCUT2D eigenvalue weighted by Crippen LogP contribution is -2.46. The first-order valence-electron chi connectivity index (χ1n) is 6.92. The van der Waals surface area contributed by atoms with E-state index in [0.717, 1.165) is 18.4 Å². The fourth-order valence-corrected chi connectivity index (χ4v) is 1.92. The van der Waals surface area contributed by atoms with Crippen molar-refractivity contribution in [2.45, 2.75) is 38.6 Å². The zero-order valence-corrected chi connectivity index (χ0v) is 12.1. The zero-order valence-electron chi connectivity index (χ0n) is 12.1. The average Bonchev–Trinajstić information content (AvgIpc) is 2.45. The highest BCUT2D eigenvalue weighted by atomic mass is 16.2. The van der Waals surface area contributed by atoms with E-state index >= 15 is 0 Å². The predicted molar refractivity (Wildman–Crippen MR) is 80.1 cm³/mol. The number of likely N-dealkylation sites (N-methyl/N-ethyl adjacent to an activating group) is 1. The molecule has 4 N–H and O–H groups in total. The van der Waals surface area contributed by atoms with Crippen LogP contribution in [0.4, 0.5) is 5.69 Å². The van der Waals surface area contributed by atoms with Gasteiger partial charge in [-0.2, -0.15) is 0 Å². The quantitative estimate of drug-likeness (QED) is 0.655. The first kappa shape index (κ1) is 16.0. The molecule has 0 fully saturated rings. The maximum absolute atomic E-state index is 12.0. The third-order valence-electron chi connectivity index (χ3n) is 3.09. The van der Waals surface area contributed by atoms with Crippen molar-refractivity contribution in [3.05, 3.63) is 29.8 Å². The zero-order chi connectivity index (χ0) is 15.0. The second-order valence-electron chi connectivity index (χ2n) is 4.79. The van der Waals surface area contributed by atoms with Gasteiger partial charge in [0.05, 0.1) is 6.42 Å². The van der Waals surface area contributed by atoms with Gasteiger partial charge >= 0.3 is 0 Å². The largest absolute Gasteiger partial charge is 0.399 e. The summed E-state index contributed by atoms with van der Waals surface area (Å²) in [4.78, 5) is 23.7. The number of benzene rings is 1. The van der Waals surface area contributed by atoms with Crippen LogP contribution in [-0.2, 0) is 16.0 Å². The van der Waals surface area contributed by atoms with E-state index in [4.69, 9.17) is 5.73 Å². The van der Waals surface area contributed by atoms with E-state index in [1.165, 1.54) is 0 Å². The van der Waals surface area contributed by atoms with Crippen LogP contribution in [0.1, 0.15) is 31.7 Å². The molecule has 110 valence electrons. The molecule has 1 unspecified atom stereocenters. The van der Waals surface area contributed by atoms with Gasteiger partial charge in [-0.25, -0.2) is 0 Å². The topological polar surface area (TPSA) is 84.2 Å². The molecule has 0 saturated carbocycles. The molecular formula is C15H23N3O2. The number of unbranched alkanes of at least 4 members (excludes halogenated alkanes) is 1. The van der Waals surface area contributed by atoms with Crippen LogP contribution in [0.25, 0.3) is 0 Å². The van der Waals surface area contributed by atoms with Crippen LogP contribution < -0.4 is 16.4 Å². The van der Waals surface area contributed by atoms with E-state index in [2.05, 4.69) is 17.6 Å². The Balaban J connectivity index is 2.56. The van der Waals surface area contributed by atoms with E-state index in [1.807, 2.05) is 12.1 Å². The van der Waals surface area contributed by atoms with Gasteiger partial charge in [-0.15, -0.1) is 0 Å². The number of carbonyl (C=O) groups is 2. The molecule has 2 amide bonds. The van der Waals surface area contributed by atoms with Gasteiger partial charge in [0, 0.05) is 12.7 Å².